The molecule has 0 radical (unpaired) electrons. The molecule has 3 N–H and O–H groups in total. The molecular formula is C14H18N2O3. The van der Waals surface area contributed by atoms with E-state index in [4.69, 9.17) is 5.11 Å². The van der Waals surface area contributed by atoms with Crippen LogP contribution in [0.3, 0.4) is 0 Å². The number of nitrogens with one attached hydrogen (secondary N) is 2. The van der Waals surface area contributed by atoms with E-state index in [0.717, 1.165) is 12.0 Å². The predicted octanol–water partition coefficient (Wildman–Crippen LogP) is 1.74. The van der Waals surface area contributed by atoms with Crippen LogP contribution in [0.4, 0.5) is 4.79 Å². The van der Waals surface area contributed by atoms with E-state index in [1.165, 1.54) is 0 Å². The molecule has 5 nitrogen and oxygen atoms in total. The molecule has 0 atom stereocenters. The molecule has 2 rings (SSSR count). The molecule has 0 heterocycles. The molecule has 1 aliphatic rings. The lowest BCUT2D eigenvalue weighted by molar-refractivity contribution is -0.153. The first-order valence-electron chi connectivity index (χ1n) is 6.41. The maximum absolute atomic E-state index is 11.6. The number of hydrogen-bond donors (Lipinski definition) is 3. The SMILES string of the molecule is O=C(NCc1ccccc1)NCC1(C(=O)O)CCC1. The summed E-state index contributed by atoms with van der Waals surface area (Å²) in [5.41, 5.74) is 0.263. The molecule has 0 aliphatic heterocycles. The van der Waals surface area contributed by atoms with E-state index in [9.17, 15) is 9.59 Å². The summed E-state index contributed by atoms with van der Waals surface area (Å²) in [4.78, 5) is 22.7. The van der Waals surface area contributed by atoms with E-state index in [1.54, 1.807) is 0 Å². The lowest BCUT2D eigenvalue weighted by Gasteiger charge is -2.37. The topological polar surface area (TPSA) is 78.4 Å². The number of carboxylic acid groups (broad SMARTS) is 1. The number of amides is 2. The molecule has 1 aromatic rings. The van der Waals surface area contributed by atoms with Crippen molar-refractivity contribution in [2.24, 2.45) is 5.41 Å². The Morgan fingerprint density at radius 2 is 1.84 bits per heavy atom. The maximum atomic E-state index is 11.6. The summed E-state index contributed by atoms with van der Waals surface area (Å²) in [6.07, 6.45) is 2.20. The van der Waals surface area contributed by atoms with Crippen LogP contribution >= 0.6 is 0 Å². The fraction of sp³-hybridized carbons (Fsp3) is 0.429. The second-order valence-corrected chi connectivity index (χ2v) is 4.96. The van der Waals surface area contributed by atoms with E-state index in [1.807, 2.05) is 30.3 Å². The number of urea groups is 1. The van der Waals surface area contributed by atoms with Gasteiger partial charge in [0.05, 0.1) is 5.41 Å². The van der Waals surface area contributed by atoms with E-state index in [0.29, 0.717) is 19.4 Å². The quantitative estimate of drug-likeness (QED) is 0.756. The molecule has 1 aromatic carbocycles. The summed E-state index contributed by atoms with van der Waals surface area (Å²) in [5, 5.41) is 14.5. The van der Waals surface area contributed by atoms with Crippen molar-refractivity contribution in [2.45, 2.75) is 25.8 Å². The maximum Gasteiger partial charge on any atom is 0.315 e. The Labute approximate surface area is 112 Å². The number of aliphatic carboxylic acids is 1. The van der Waals surface area contributed by atoms with Crippen molar-refractivity contribution >= 4 is 12.0 Å². The molecule has 0 bridgehead atoms. The average Bonchev–Trinajstić information content (AvgIpc) is 2.36. The van der Waals surface area contributed by atoms with Crippen LogP contribution in [0.5, 0.6) is 0 Å². The lowest BCUT2D eigenvalue weighted by atomic mass is 9.69. The van der Waals surface area contributed by atoms with Crippen LogP contribution in [0.2, 0.25) is 0 Å². The predicted molar refractivity (Wildman–Crippen MR) is 70.6 cm³/mol. The smallest absolute Gasteiger partial charge is 0.315 e. The van der Waals surface area contributed by atoms with Gasteiger partial charge in [0.15, 0.2) is 0 Å². The normalized spacial score (nSPS) is 16.2. The van der Waals surface area contributed by atoms with Crippen molar-refractivity contribution in [1.29, 1.82) is 0 Å². The van der Waals surface area contributed by atoms with Gasteiger partial charge in [-0.15, -0.1) is 0 Å². The van der Waals surface area contributed by atoms with Crippen molar-refractivity contribution in [2.75, 3.05) is 6.54 Å². The van der Waals surface area contributed by atoms with Crippen LogP contribution in [-0.4, -0.2) is 23.7 Å². The number of rotatable bonds is 5. The highest BCUT2D eigenvalue weighted by molar-refractivity contribution is 5.78. The summed E-state index contributed by atoms with van der Waals surface area (Å²) in [6, 6.07) is 9.24. The molecule has 5 heteroatoms. The standard InChI is InChI=1S/C14H18N2O3/c17-12(18)14(7-4-8-14)10-16-13(19)15-9-11-5-2-1-3-6-11/h1-3,5-6H,4,7-10H2,(H,17,18)(H2,15,16,19). The third-order valence-electron chi connectivity index (χ3n) is 3.65. The average molecular weight is 262 g/mol. The minimum atomic E-state index is -0.817. The van der Waals surface area contributed by atoms with Crippen LogP contribution in [0.25, 0.3) is 0 Å². The molecule has 0 saturated heterocycles. The molecule has 1 fully saturated rings. The molecule has 19 heavy (non-hydrogen) atoms. The first kappa shape index (κ1) is 13.4. The largest absolute Gasteiger partial charge is 0.481 e. The van der Waals surface area contributed by atoms with Gasteiger partial charge in [0.25, 0.3) is 0 Å². The number of benzene rings is 1. The summed E-state index contributed by atoms with van der Waals surface area (Å²) in [7, 11) is 0. The van der Waals surface area contributed by atoms with Gasteiger partial charge in [0.1, 0.15) is 0 Å². The Balaban J connectivity index is 1.74. The number of carboxylic acids is 1. The van der Waals surface area contributed by atoms with Crippen molar-refractivity contribution in [3.63, 3.8) is 0 Å². The molecule has 102 valence electrons. The highest BCUT2D eigenvalue weighted by Crippen LogP contribution is 2.40. The summed E-state index contributed by atoms with van der Waals surface area (Å²) in [5.74, 6) is -0.817. The molecule has 0 aromatic heterocycles. The number of carbonyl (C=O) groups excluding carboxylic acids is 1. The second-order valence-electron chi connectivity index (χ2n) is 4.96. The first-order chi connectivity index (χ1) is 9.12. The Bertz CT molecular complexity index is 455. The number of hydrogen-bond acceptors (Lipinski definition) is 2. The minimum Gasteiger partial charge on any atom is -0.481 e. The Morgan fingerprint density at radius 1 is 1.16 bits per heavy atom. The van der Waals surface area contributed by atoms with Gasteiger partial charge >= 0.3 is 12.0 Å². The first-order valence-corrected chi connectivity index (χ1v) is 6.41. The molecule has 1 saturated carbocycles. The number of carbonyl (C=O) groups is 2. The van der Waals surface area contributed by atoms with Gasteiger partial charge in [-0.1, -0.05) is 36.8 Å². The van der Waals surface area contributed by atoms with Crippen LogP contribution < -0.4 is 10.6 Å². The zero-order valence-corrected chi connectivity index (χ0v) is 10.7. The minimum absolute atomic E-state index is 0.197. The zero-order valence-electron chi connectivity index (χ0n) is 10.7. The van der Waals surface area contributed by atoms with E-state index in [-0.39, 0.29) is 12.6 Å². The third kappa shape index (κ3) is 3.24. The Hall–Kier alpha value is -2.04. The van der Waals surface area contributed by atoms with Gasteiger partial charge in [-0.05, 0) is 18.4 Å². The Morgan fingerprint density at radius 3 is 2.37 bits per heavy atom. The van der Waals surface area contributed by atoms with Crippen LogP contribution in [0.15, 0.2) is 30.3 Å². The fourth-order valence-corrected chi connectivity index (χ4v) is 2.16. The van der Waals surface area contributed by atoms with Gasteiger partial charge in [-0.3, -0.25) is 4.79 Å². The molecule has 2 amide bonds. The molecule has 0 spiro atoms. The summed E-state index contributed by atoms with van der Waals surface area (Å²) in [6.45, 7) is 0.635. The lowest BCUT2D eigenvalue weighted by Crippen LogP contribution is -2.49. The summed E-state index contributed by atoms with van der Waals surface area (Å²) < 4.78 is 0. The zero-order chi connectivity index (χ0) is 13.7. The van der Waals surface area contributed by atoms with Crippen molar-refractivity contribution < 1.29 is 14.7 Å². The van der Waals surface area contributed by atoms with Crippen molar-refractivity contribution in [3.8, 4) is 0 Å². The van der Waals surface area contributed by atoms with Gasteiger partial charge in [-0.2, -0.15) is 0 Å². The van der Waals surface area contributed by atoms with E-state index < -0.39 is 11.4 Å². The van der Waals surface area contributed by atoms with Gasteiger partial charge in [0, 0.05) is 13.1 Å². The van der Waals surface area contributed by atoms with E-state index in [2.05, 4.69) is 10.6 Å². The van der Waals surface area contributed by atoms with Crippen LogP contribution in [0, 0.1) is 5.41 Å². The molecular weight excluding hydrogens is 244 g/mol. The van der Waals surface area contributed by atoms with Gasteiger partial charge in [-0.25, -0.2) is 4.79 Å². The van der Waals surface area contributed by atoms with Gasteiger partial charge in [0.2, 0.25) is 0 Å². The van der Waals surface area contributed by atoms with Crippen LogP contribution in [-0.2, 0) is 11.3 Å². The second kappa shape index (κ2) is 5.73. The highest BCUT2D eigenvalue weighted by atomic mass is 16.4. The Kier molecular flexibility index (Phi) is 4.04. The van der Waals surface area contributed by atoms with Gasteiger partial charge < -0.3 is 15.7 Å². The monoisotopic (exact) mass is 262 g/mol. The fourth-order valence-electron chi connectivity index (χ4n) is 2.16. The summed E-state index contributed by atoms with van der Waals surface area (Å²) >= 11 is 0. The van der Waals surface area contributed by atoms with E-state index >= 15 is 0 Å². The van der Waals surface area contributed by atoms with Crippen molar-refractivity contribution in [1.82, 2.24) is 10.6 Å². The third-order valence-corrected chi connectivity index (χ3v) is 3.65. The highest BCUT2D eigenvalue weighted by Gasteiger charge is 2.44. The van der Waals surface area contributed by atoms with Crippen molar-refractivity contribution in [3.05, 3.63) is 35.9 Å². The molecule has 1 aliphatic carbocycles. The molecule has 0 unspecified atom stereocenters. The van der Waals surface area contributed by atoms with Crippen LogP contribution in [0.1, 0.15) is 24.8 Å².